The molecule has 122 valence electrons. The third-order valence-electron chi connectivity index (χ3n) is 2.79. The highest BCUT2D eigenvalue weighted by Crippen LogP contribution is 2.11. The highest BCUT2D eigenvalue weighted by atomic mass is 16.5. The first-order chi connectivity index (χ1) is 11.1. The number of carboxylic acid groups (broad SMARTS) is 1. The third-order valence-corrected chi connectivity index (χ3v) is 2.79. The Bertz CT molecular complexity index is 620. The molecule has 0 fully saturated rings. The van der Waals surface area contributed by atoms with Crippen molar-refractivity contribution >= 4 is 17.6 Å². The summed E-state index contributed by atoms with van der Waals surface area (Å²) in [6, 6.07) is 7.61. The lowest BCUT2D eigenvalue weighted by molar-refractivity contribution is -0.112. The Morgan fingerprint density at radius 1 is 1.43 bits per heavy atom. The van der Waals surface area contributed by atoms with E-state index in [-0.39, 0.29) is 11.1 Å². The molecule has 7 heteroatoms. The summed E-state index contributed by atoms with van der Waals surface area (Å²) in [5.41, 5.74) is 0.272. The number of benzene rings is 1. The molecule has 23 heavy (non-hydrogen) atoms. The van der Waals surface area contributed by atoms with Crippen LogP contribution in [0.4, 0.5) is 5.69 Å². The number of carboxylic acids is 1. The molecule has 1 amide bonds. The number of anilines is 1. The number of amides is 1. The van der Waals surface area contributed by atoms with E-state index in [2.05, 4.69) is 10.6 Å². The van der Waals surface area contributed by atoms with Crippen LogP contribution >= 0.6 is 0 Å². The van der Waals surface area contributed by atoms with Gasteiger partial charge in [-0.05, 0) is 31.5 Å². The summed E-state index contributed by atoms with van der Waals surface area (Å²) in [5, 5.41) is 23.3. The Kier molecular flexibility index (Phi) is 7.89. The van der Waals surface area contributed by atoms with Crippen molar-refractivity contribution in [2.24, 2.45) is 0 Å². The van der Waals surface area contributed by atoms with Crippen LogP contribution in [-0.2, 0) is 9.53 Å². The van der Waals surface area contributed by atoms with E-state index >= 15 is 0 Å². The smallest absolute Gasteiger partial charge is 0.335 e. The highest BCUT2D eigenvalue weighted by Gasteiger charge is 2.10. The minimum absolute atomic E-state index is 0.0549. The second-order valence-corrected chi connectivity index (χ2v) is 4.51. The van der Waals surface area contributed by atoms with Crippen LogP contribution < -0.4 is 10.6 Å². The number of nitriles is 1. The van der Waals surface area contributed by atoms with Gasteiger partial charge in [-0.25, -0.2) is 4.79 Å². The fraction of sp³-hybridized carbons (Fsp3) is 0.312. The molecule has 0 saturated heterocycles. The van der Waals surface area contributed by atoms with Gasteiger partial charge in [0.15, 0.2) is 0 Å². The maximum absolute atomic E-state index is 12.0. The first-order valence-corrected chi connectivity index (χ1v) is 7.14. The van der Waals surface area contributed by atoms with E-state index < -0.39 is 11.9 Å². The molecule has 1 rings (SSSR count). The van der Waals surface area contributed by atoms with Gasteiger partial charge in [-0.1, -0.05) is 6.07 Å². The highest BCUT2D eigenvalue weighted by molar-refractivity contribution is 6.06. The second kappa shape index (κ2) is 9.97. The molecule has 0 aliphatic carbocycles. The number of hydrogen-bond donors (Lipinski definition) is 3. The van der Waals surface area contributed by atoms with Gasteiger partial charge in [0.05, 0.1) is 5.56 Å². The summed E-state index contributed by atoms with van der Waals surface area (Å²) in [4.78, 5) is 22.9. The van der Waals surface area contributed by atoms with Crippen molar-refractivity contribution in [3.63, 3.8) is 0 Å². The lowest BCUT2D eigenvalue weighted by atomic mass is 10.2. The van der Waals surface area contributed by atoms with Gasteiger partial charge in [0.25, 0.3) is 5.91 Å². The third kappa shape index (κ3) is 6.63. The molecule has 0 aliphatic rings. The maximum Gasteiger partial charge on any atom is 0.335 e. The average molecular weight is 317 g/mol. The number of ether oxygens (including phenoxy) is 1. The van der Waals surface area contributed by atoms with Crippen LogP contribution in [0.5, 0.6) is 0 Å². The zero-order valence-electron chi connectivity index (χ0n) is 12.8. The Labute approximate surface area is 134 Å². The van der Waals surface area contributed by atoms with Crippen LogP contribution in [0.25, 0.3) is 0 Å². The monoisotopic (exact) mass is 317 g/mol. The number of hydrogen-bond acceptors (Lipinski definition) is 5. The van der Waals surface area contributed by atoms with Crippen LogP contribution in [0.2, 0.25) is 0 Å². The van der Waals surface area contributed by atoms with Crippen LogP contribution in [0.3, 0.4) is 0 Å². The normalized spacial score (nSPS) is 10.7. The molecule has 0 heterocycles. The molecule has 1 aromatic carbocycles. The van der Waals surface area contributed by atoms with E-state index in [0.29, 0.717) is 25.4 Å². The SMILES string of the molecule is CCOCCCN/C=C(/C#N)C(=O)Nc1cccc(C(=O)O)c1. The molecule has 1 aromatic rings. The molecule has 0 aromatic heterocycles. The molecule has 0 aliphatic heterocycles. The van der Waals surface area contributed by atoms with Gasteiger partial charge in [-0.2, -0.15) is 5.26 Å². The fourth-order valence-corrected chi connectivity index (χ4v) is 1.67. The Balaban J connectivity index is 2.58. The van der Waals surface area contributed by atoms with E-state index in [1.165, 1.54) is 24.4 Å². The van der Waals surface area contributed by atoms with Gasteiger partial charge in [0, 0.05) is 31.6 Å². The van der Waals surface area contributed by atoms with Crippen molar-refractivity contribution in [1.29, 1.82) is 5.26 Å². The molecular formula is C16H19N3O4. The summed E-state index contributed by atoms with van der Waals surface area (Å²) in [6.45, 7) is 3.74. The van der Waals surface area contributed by atoms with Crippen molar-refractivity contribution in [3.8, 4) is 6.07 Å². The van der Waals surface area contributed by atoms with Gasteiger partial charge in [0.2, 0.25) is 0 Å². The molecule has 0 unspecified atom stereocenters. The molecule has 0 atom stereocenters. The second-order valence-electron chi connectivity index (χ2n) is 4.51. The van der Waals surface area contributed by atoms with Crippen LogP contribution in [0, 0.1) is 11.3 Å². The summed E-state index contributed by atoms with van der Waals surface area (Å²) in [6.07, 6.45) is 2.09. The van der Waals surface area contributed by atoms with E-state index in [9.17, 15) is 9.59 Å². The van der Waals surface area contributed by atoms with Crippen LogP contribution in [-0.4, -0.2) is 36.7 Å². The number of carbonyl (C=O) groups is 2. The van der Waals surface area contributed by atoms with Gasteiger partial charge in [-0.3, -0.25) is 4.79 Å². The first-order valence-electron chi connectivity index (χ1n) is 7.14. The van der Waals surface area contributed by atoms with E-state index in [1.54, 1.807) is 12.1 Å². The Morgan fingerprint density at radius 2 is 2.22 bits per heavy atom. The standard InChI is InChI=1S/C16H19N3O4/c1-2-23-8-4-7-18-11-13(10-17)15(20)19-14-6-3-5-12(9-14)16(21)22/h3,5-6,9,11,18H,2,4,7-8H2,1H3,(H,19,20)(H,21,22)/b13-11-. The quantitative estimate of drug-likeness (QED) is 0.363. The molecular weight excluding hydrogens is 298 g/mol. The lowest BCUT2D eigenvalue weighted by Gasteiger charge is -2.06. The zero-order valence-corrected chi connectivity index (χ0v) is 12.8. The lowest BCUT2D eigenvalue weighted by Crippen LogP contribution is -2.18. The van der Waals surface area contributed by atoms with Gasteiger partial charge in [0.1, 0.15) is 11.6 Å². The van der Waals surface area contributed by atoms with Crippen molar-refractivity contribution < 1.29 is 19.4 Å². The molecule has 0 bridgehead atoms. The van der Waals surface area contributed by atoms with Crippen molar-refractivity contribution in [3.05, 3.63) is 41.6 Å². The number of aromatic carboxylic acids is 1. The molecule has 0 saturated carbocycles. The van der Waals surface area contributed by atoms with Crippen molar-refractivity contribution in [2.45, 2.75) is 13.3 Å². The minimum atomic E-state index is -1.09. The number of rotatable bonds is 9. The Morgan fingerprint density at radius 3 is 2.87 bits per heavy atom. The van der Waals surface area contributed by atoms with Crippen LogP contribution in [0.15, 0.2) is 36.0 Å². The number of nitrogens with zero attached hydrogens (tertiary/aromatic N) is 1. The van der Waals surface area contributed by atoms with E-state index in [4.69, 9.17) is 15.1 Å². The average Bonchev–Trinajstić information content (AvgIpc) is 2.54. The minimum Gasteiger partial charge on any atom is -0.478 e. The van der Waals surface area contributed by atoms with Crippen LogP contribution in [0.1, 0.15) is 23.7 Å². The molecule has 7 nitrogen and oxygen atoms in total. The fourth-order valence-electron chi connectivity index (χ4n) is 1.67. The van der Waals surface area contributed by atoms with Crippen molar-refractivity contribution in [2.75, 3.05) is 25.1 Å². The first kappa shape index (κ1) is 18.2. The topological polar surface area (TPSA) is 111 Å². The molecule has 3 N–H and O–H groups in total. The zero-order chi connectivity index (χ0) is 17.1. The summed E-state index contributed by atoms with van der Waals surface area (Å²) < 4.78 is 5.17. The predicted octanol–water partition coefficient (Wildman–Crippen LogP) is 1.75. The van der Waals surface area contributed by atoms with E-state index in [1.807, 2.05) is 6.92 Å². The largest absolute Gasteiger partial charge is 0.478 e. The van der Waals surface area contributed by atoms with Gasteiger partial charge < -0.3 is 20.5 Å². The predicted molar refractivity (Wildman–Crippen MR) is 84.8 cm³/mol. The number of carbonyl (C=O) groups excluding carboxylic acids is 1. The Hall–Kier alpha value is -2.85. The summed E-state index contributed by atoms with van der Waals surface area (Å²) in [5.74, 6) is -1.69. The summed E-state index contributed by atoms with van der Waals surface area (Å²) >= 11 is 0. The maximum atomic E-state index is 12.0. The number of nitrogens with one attached hydrogen (secondary N) is 2. The molecule has 0 spiro atoms. The van der Waals surface area contributed by atoms with Crippen molar-refractivity contribution in [1.82, 2.24) is 5.32 Å². The van der Waals surface area contributed by atoms with Gasteiger partial charge in [-0.15, -0.1) is 0 Å². The summed E-state index contributed by atoms with van der Waals surface area (Å²) in [7, 11) is 0. The molecule has 0 radical (unpaired) electrons. The van der Waals surface area contributed by atoms with E-state index in [0.717, 1.165) is 6.42 Å². The van der Waals surface area contributed by atoms with Gasteiger partial charge >= 0.3 is 5.97 Å².